The summed E-state index contributed by atoms with van der Waals surface area (Å²) in [6, 6.07) is 6.47. The Balaban J connectivity index is 2.22. The molecule has 1 heterocycles. The van der Waals surface area contributed by atoms with Crippen LogP contribution in [0.25, 0.3) is 0 Å². The van der Waals surface area contributed by atoms with E-state index in [9.17, 15) is 0 Å². The van der Waals surface area contributed by atoms with Gasteiger partial charge in [-0.1, -0.05) is 28.6 Å². The third-order valence-electron chi connectivity index (χ3n) is 2.48. The summed E-state index contributed by atoms with van der Waals surface area (Å²) >= 11 is 3.45. The van der Waals surface area contributed by atoms with Gasteiger partial charge in [0.2, 0.25) is 0 Å². The second-order valence-electron chi connectivity index (χ2n) is 3.37. The average Bonchev–Trinajstić information content (AvgIpc) is 2.59. The molecule has 1 aromatic carbocycles. The van der Waals surface area contributed by atoms with Crippen LogP contribution in [0.15, 0.2) is 35.0 Å². The Morgan fingerprint density at radius 3 is 3.14 bits per heavy atom. The van der Waals surface area contributed by atoms with Crippen LogP contribution in [0.2, 0.25) is 0 Å². The minimum atomic E-state index is 0.212. The lowest BCUT2D eigenvalue weighted by atomic mass is 10.1. The number of hydrogen-bond donors (Lipinski definition) is 1. The number of halogens is 1. The van der Waals surface area contributed by atoms with Crippen LogP contribution in [0.5, 0.6) is 0 Å². The highest BCUT2D eigenvalue weighted by molar-refractivity contribution is 9.10. The molecule has 0 aliphatic carbocycles. The molecule has 2 rings (SSSR count). The molecule has 74 valence electrons. The number of methoxy groups -OCH3 is 1. The Morgan fingerprint density at radius 2 is 2.43 bits per heavy atom. The van der Waals surface area contributed by atoms with Crippen molar-refractivity contribution in [2.24, 2.45) is 0 Å². The monoisotopic (exact) mass is 253 g/mol. The molecule has 1 aliphatic heterocycles. The van der Waals surface area contributed by atoms with Gasteiger partial charge in [0.25, 0.3) is 0 Å². The quantitative estimate of drug-likeness (QED) is 0.819. The smallest absolute Gasteiger partial charge is 0.111 e. The van der Waals surface area contributed by atoms with Crippen molar-refractivity contribution in [3.05, 3.63) is 40.6 Å². The fourth-order valence-electron chi connectivity index (χ4n) is 1.66. The first kappa shape index (κ1) is 9.59. The third-order valence-corrected chi connectivity index (χ3v) is 2.97. The summed E-state index contributed by atoms with van der Waals surface area (Å²) in [7, 11) is 1.66. The van der Waals surface area contributed by atoms with Gasteiger partial charge in [-0.15, -0.1) is 0 Å². The molecule has 1 unspecified atom stereocenters. The number of fused-ring (bicyclic) bond motifs is 1. The van der Waals surface area contributed by atoms with Crippen molar-refractivity contribution in [2.45, 2.75) is 12.5 Å². The van der Waals surface area contributed by atoms with Gasteiger partial charge in [0.05, 0.1) is 13.2 Å². The molecule has 3 heteroatoms. The van der Waals surface area contributed by atoms with Crippen molar-refractivity contribution >= 4 is 21.6 Å². The number of nitrogens with one attached hydrogen (secondary N) is 1. The van der Waals surface area contributed by atoms with Crippen LogP contribution in [-0.4, -0.2) is 13.2 Å². The molecular weight excluding hydrogens is 242 g/mol. The number of anilines is 1. The van der Waals surface area contributed by atoms with Gasteiger partial charge >= 0.3 is 0 Å². The molecule has 0 amide bonds. The first-order valence-electron chi connectivity index (χ1n) is 4.48. The van der Waals surface area contributed by atoms with Crippen LogP contribution in [0.3, 0.4) is 0 Å². The van der Waals surface area contributed by atoms with Crippen LogP contribution in [0, 0.1) is 0 Å². The highest BCUT2D eigenvalue weighted by Crippen LogP contribution is 2.30. The Kier molecular flexibility index (Phi) is 2.50. The molecule has 0 fully saturated rings. The Bertz CT molecular complexity index is 376. The molecule has 1 aromatic rings. The van der Waals surface area contributed by atoms with Gasteiger partial charge in [-0.05, 0) is 17.7 Å². The van der Waals surface area contributed by atoms with E-state index in [2.05, 4.69) is 46.0 Å². The van der Waals surface area contributed by atoms with Crippen molar-refractivity contribution in [1.82, 2.24) is 0 Å². The number of ether oxygens (including phenoxy) is 1. The van der Waals surface area contributed by atoms with E-state index in [1.807, 2.05) is 0 Å². The fraction of sp³-hybridized carbons (Fsp3) is 0.273. The normalized spacial score (nSPS) is 18.6. The largest absolute Gasteiger partial charge is 0.500 e. The van der Waals surface area contributed by atoms with Crippen molar-refractivity contribution in [3.63, 3.8) is 0 Å². The predicted molar refractivity (Wildman–Crippen MR) is 61.4 cm³/mol. The second-order valence-corrected chi connectivity index (χ2v) is 4.29. The Hall–Kier alpha value is -0.960. The highest BCUT2D eigenvalue weighted by atomic mass is 79.9. The lowest BCUT2D eigenvalue weighted by molar-refractivity contribution is 0.273. The van der Waals surface area contributed by atoms with Gasteiger partial charge in [-0.25, -0.2) is 0 Å². The van der Waals surface area contributed by atoms with Gasteiger partial charge in [0, 0.05) is 16.6 Å². The predicted octanol–water partition coefficient (Wildman–Crippen LogP) is 2.95. The molecular formula is C11H12BrNO. The van der Waals surface area contributed by atoms with E-state index in [0.717, 1.165) is 16.7 Å². The number of hydrogen-bond acceptors (Lipinski definition) is 2. The molecule has 1 aliphatic rings. The average molecular weight is 254 g/mol. The van der Waals surface area contributed by atoms with E-state index in [0.29, 0.717) is 0 Å². The lowest BCUT2D eigenvalue weighted by Crippen LogP contribution is -2.18. The van der Waals surface area contributed by atoms with Crippen molar-refractivity contribution in [3.8, 4) is 0 Å². The van der Waals surface area contributed by atoms with Crippen LogP contribution >= 0.6 is 15.9 Å². The van der Waals surface area contributed by atoms with E-state index >= 15 is 0 Å². The summed E-state index contributed by atoms with van der Waals surface area (Å²) in [5.74, 6) is 0.789. The first-order chi connectivity index (χ1) is 6.70. The van der Waals surface area contributed by atoms with Crippen LogP contribution in [-0.2, 0) is 11.2 Å². The summed E-state index contributed by atoms with van der Waals surface area (Å²) in [6.07, 6.45) is 0.954. The molecule has 1 N–H and O–H groups in total. The molecule has 0 aromatic heterocycles. The highest BCUT2D eigenvalue weighted by Gasteiger charge is 2.23. The fourth-order valence-corrected chi connectivity index (χ4v) is 2.02. The minimum Gasteiger partial charge on any atom is -0.500 e. The molecule has 0 saturated carbocycles. The maximum absolute atomic E-state index is 5.13. The SMILES string of the molecule is C=C(OC)C1Cc2ccc(Br)cc2N1. The molecule has 2 nitrogen and oxygen atoms in total. The van der Waals surface area contributed by atoms with Gasteiger partial charge in [0.1, 0.15) is 5.76 Å². The zero-order chi connectivity index (χ0) is 10.1. The molecule has 0 bridgehead atoms. The zero-order valence-electron chi connectivity index (χ0n) is 8.01. The van der Waals surface area contributed by atoms with E-state index in [-0.39, 0.29) is 6.04 Å². The van der Waals surface area contributed by atoms with Crippen LogP contribution < -0.4 is 5.32 Å². The van der Waals surface area contributed by atoms with Gasteiger partial charge in [0.15, 0.2) is 0 Å². The van der Waals surface area contributed by atoms with Crippen LogP contribution in [0.1, 0.15) is 5.56 Å². The van der Waals surface area contributed by atoms with Gasteiger partial charge < -0.3 is 10.1 Å². The van der Waals surface area contributed by atoms with E-state index in [1.165, 1.54) is 11.3 Å². The maximum atomic E-state index is 5.13. The Labute approximate surface area is 92.1 Å². The topological polar surface area (TPSA) is 21.3 Å². The van der Waals surface area contributed by atoms with E-state index in [4.69, 9.17) is 4.74 Å². The second kappa shape index (κ2) is 3.65. The van der Waals surface area contributed by atoms with E-state index in [1.54, 1.807) is 7.11 Å². The molecule has 1 atom stereocenters. The number of benzene rings is 1. The van der Waals surface area contributed by atoms with Gasteiger partial charge in [-0.2, -0.15) is 0 Å². The molecule has 0 saturated heterocycles. The zero-order valence-corrected chi connectivity index (χ0v) is 9.60. The summed E-state index contributed by atoms with van der Waals surface area (Å²) in [5, 5.41) is 3.37. The summed E-state index contributed by atoms with van der Waals surface area (Å²) in [5.41, 5.74) is 2.49. The minimum absolute atomic E-state index is 0.212. The van der Waals surface area contributed by atoms with Crippen LogP contribution in [0.4, 0.5) is 5.69 Å². The summed E-state index contributed by atoms with van der Waals surface area (Å²) in [4.78, 5) is 0. The number of rotatable bonds is 2. The first-order valence-corrected chi connectivity index (χ1v) is 5.28. The standard InChI is InChI=1S/C11H12BrNO/c1-7(14-2)10-5-8-3-4-9(12)6-11(8)13-10/h3-4,6,10,13H,1,5H2,2H3. The molecule has 0 spiro atoms. The summed E-state index contributed by atoms with van der Waals surface area (Å²) in [6.45, 7) is 3.86. The molecule has 0 radical (unpaired) electrons. The van der Waals surface area contributed by atoms with E-state index < -0.39 is 0 Å². The van der Waals surface area contributed by atoms with Gasteiger partial charge in [-0.3, -0.25) is 0 Å². The molecule has 14 heavy (non-hydrogen) atoms. The van der Waals surface area contributed by atoms with Crippen molar-refractivity contribution < 1.29 is 4.74 Å². The van der Waals surface area contributed by atoms with Crippen molar-refractivity contribution in [1.29, 1.82) is 0 Å². The third kappa shape index (κ3) is 1.64. The van der Waals surface area contributed by atoms with Crippen molar-refractivity contribution in [2.75, 3.05) is 12.4 Å². The maximum Gasteiger partial charge on any atom is 0.111 e. The lowest BCUT2D eigenvalue weighted by Gasteiger charge is -2.12. The summed E-state index contributed by atoms with van der Waals surface area (Å²) < 4.78 is 6.22. The Morgan fingerprint density at radius 1 is 1.64 bits per heavy atom.